The monoisotopic (exact) mass is 335 g/mol. The number of nitrogens with one attached hydrogen (secondary N) is 1. The van der Waals surface area contributed by atoms with Gasteiger partial charge in [0.1, 0.15) is 0 Å². The van der Waals surface area contributed by atoms with E-state index in [0.29, 0.717) is 11.7 Å². The van der Waals surface area contributed by atoms with E-state index in [9.17, 15) is 4.79 Å². The Balaban J connectivity index is 1.87. The second-order valence-corrected chi connectivity index (χ2v) is 6.25. The maximum Gasteiger partial charge on any atom is 0.311 e. The molecule has 22 heavy (non-hydrogen) atoms. The molecule has 1 aromatic carbocycles. The number of esters is 1. The Labute approximate surface area is 137 Å². The molecular formula is C15H17N3O2S2. The van der Waals surface area contributed by atoms with Gasteiger partial charge < -0.3 is 4.74 Å². The summed E-state index contributed by atoms with van der Waals surface area (Å²) in [5, 5.41) is 4.80. The van der Waals surface area contributed by atoms with Crippen molar-refractivity contribution >= 4 is 40.4 Å². The maximum absolute atomic E-state index is 11.4. The Morgan fingerprint density at radius 3 is 2.91 bits per heavy atom. The predicted octanol–water partition coefficient (Wildman–Crippen LogP) is 3.42. The Hall–Kier alpha value is -1.86. The number of hydrazone groups is 1. The molecule has 0 atom stereocenters. The summed E-state index contributed by atoms with van der Waals surface area (Å²) in [6.45, 7) is 2.18. The lowest BCUT2D eigenvalue weighted by atomic mass is 10.2. The average molecular weight is 335 g/mol. The van der Waals surface area contributed by atoms with Crippen LogP contribution in [0, 0.1) is 0 Å². The van der Waals surface area contributed by atoms with Crippen LogP contribution in [-0.4, -0.2) is 30.0 Å². The molecule has 7 heteroatoms. The minimum atomic E-state index is -0.241. The third-order valence-corrected chi connectivity index (χ3v) is 4.31. The van der Waals surface area contributed by atoms with Gasteiger partial charge in [0, 0.05) is 16.0 Å². The quantitative estimate of drug-likeness (QED) is 0.363. The van der Waals surface area contributed by atoms with Gasteiger partial charge in [-0.15, -0.1) is 11.8 Å². The van der Waals surface area contributed by atoms with Gasteiger partial charge in [0.2, 0.25) is 5.13 Å². The first-order valence-electron chi connectivity index (χ1n) is 6.74. The average Bonchev–Trinajstić information content (AvgIpc) is 2.95. The van der Waals surface area contributed by atoms with Gasteiger partial charge in [0.05, 0.1) is 19.2 Å². The third kappa shape index (κ3) is 5.16. The number of ether oxygens (including phenoxy) is 1. The Bertz CT molecular complexity index is 638. The second kappa shape index (κ2) is 8.55. The predicted molar refractivity (Wildman–Crippen MR) is 91.9 cm³/mol. The van der Waals surface area contributed by atoms with E-state index in [0.717, 1.165) is 10.4 Å². The minimum absolute atomic E-state index is 0.241. The number of thioether (sulfide) groups is 1. The lowest BCUT2D eigenvalue weighted by Crippen LogP contribution is -2.06. The fourth-order valence-electron chi connectivity index (χ4n) is 1.65. The van der Waals surface area contributed by atoms with E-state index < -0.39 is 0 Å². The van der Waals surface area contributed by atoms with Crippen LogP contribution in [0.1, 0.15) is 17.4 Å². The number of hydrogen-bond donors (Lipinski definition) is 1. The molecule has 0 saturated heterocycles. The van der Waals surface area contributed by atoms with E-state index >= 15 is 0 Å². The highest BCUT2D eigenvalue weighted by atomic mass is 32.2. The van der Waals surface area contributed by atoms with Gasteiger partial charge in [0.25, 0.3) is 0 Å². The smallest absolute Gasteiger partial charge is 0.311 e. The fourth-order valence-corrected chi connectivity index (χ4v) is 2.80. The van der Waals surface area contributed by atoms with Crippen molar-refractivity contribution in [1.82, 2.24) is 4.98 Å². The highest BCUT2D eigenvalue weighted by molar-refractivity contribution is 7.98. The van der Waals surface area contributed by atoms with Gasteiger partial charge >= 0.3 is 5.97 Å². The zero-order chi connectivity index (χ0) is 15.8. The van der Waals surface area contributed by atoms with Crippen LogP contribution in [0.3, 0.4) is 0 Å². The zero-order valence-corrected chi connectivity index (χ0v) is 14.0. The fraction of sp³-hybridized carbons (Fsp3) is 0.267. The van der Waals surface area contributed by atoms with Crippen LogP contribution >= 0.6 is 23.1 Å². The molecule has 2 aromatic rings. The van der Waals surface area contributed by atoms with Crippen molar-refractivity contribution in [2.24, 2.45) is 5.10 Å². The zero-order valence-electron chi connectivity index (χ0n) is 12.4. The number of carbonyl (C=O) groups is 1. The highest BCUT2D eigenvalue weighted by Crippen LogP contribution is 2.19. The molecule has 0 unspecified atom stereocenters. The summed E-state index contributed by atoms with van der Waals surface area (Å²) in [4.78, 5) is 17.6. The van der Waals surface area contributed by atoms with Crippen molar-refractivity contribution in [2.75, 3.05) is 18.3 Å². The summed E-state index contributed by atoms with van der Waals surface area (Å²) in [5.41, 5.74) is 3.87. The van der Waals surface area contributed by atoms with Gasteiger partial charge in [-0.2, -0.15) is 5.10 Å². The number of nitrogens with zero attached hydrogens (tertiary/aromatic N) is 2. The molecule has 2 rings (SSSR count). The molecular weight excluding hydrogens is 318 g/mol. The van der Waals surface area contributed by atoms with Crippen molar-refractivity contribution in [3.05, 3.63) is 40.9 Å². The number of benzene rings is 1. The molecule has 5 nitrogen and oxygen atoms in total. The number of anilines is 1. The molecule has 1 aromatic heterocycles. The van der Waals surface area contributed by atoms with Gasteiger partial charge in [-0.3, -0.25) is 10.2 Å². The summed E-state index contributed by atoms with van der Waals surface area (Å²) in [5.74, 6) is -0.241. The molecule has 1 N–H and O–H groups in total. The number of hydrogen-bond acceptors (Lipinski definition) is 7. The first-order valence-corrected chi connectivity index (χ1v) is 8.79. The van der Waals surface area contributed by atoms with Gasteiger partial charge in [-0.05, 0) is 30.9 Å². The molecule has 0 aliphatic carbocycles. The summed E-state index contributed by atoms with van der Waals surface area (Å²) in [6.07, 6.45) is 5.68. The van der Waals surface area contributed by atoms with Crippen molar-refractivity contribution in [3.63, 3.8) is 0 Å². The van der Waals surface area contributed by atoms with Crippen LogP contribution in [-0.2, 0) is 16.0 Å². The third-order valence-electron chi connectivity index (χ3n) is 2.67. The van der Waals surface area contributed by atoms with Crippen molar-refractivity contribution in [3.8, 4) is 0 Å². The second-order valence-electron chi connectivity index (χ2n) is 4.26. The van der Waals surface area contributed by atoms with Crippen molar-refractivity contribution in [1.29, 1.82) is 0 Å². The van der Waals surface area contributed by atoms with Crippen molar-refractivity contribution in [2.45, 2.75) is 18.2 Å². The topological polar surface area (TPSA) is 63.6 Å². The van der Waals surface area contributed by atoms with Crippen LogP contribution in [0.5, 0.6) is 0 Å². The molecule has 0 aliphatic heterocycles. The molecule has 0 spiro atoms. The van der Waals surface area contributed by atoms with Gasteiger partial charge in [-0.1, -0.05) is 23.5 Å². The van der Waals surface area contributed by atoms with Crippen LogP contribution in [0.2, 0.25) is 0 Å². The first-order chi connectivity index (χ1) is 10.7. The van der Waals surface area contributed by atoms with E-state index in [4.69, 9.17) is 4.74 Å². The summed E-state index contributed by atoms with van der Waals surface area (Å²) < 4.78 is 4.90. The SMILES string of the molecule is CCOC(=O)Cc1cnc(N/N=C/c2ccc(SC)cc2)s1. The van der Waals surface area contributed by atoms with Gasteiger partial charge in [-0.25, -0.2) is 4.98 Å². The Morgan fingerprint density at radius 2 is 2.23 bits per heavy atom. The van der Waals surface area contributed by atoms with E-state index in [1.165, 1.54) is 16.2 Å². The van der Waals surface area contributed by atoms with E-state index in [2.05, 4.69) is 15.5 Å². The molecule has 0 radical (unpaired) electrons. The summed E-state index contributed by atoms with van der Waals surface area (Å²) in [6, 6.07) is 8.11. The van der Waals surface area contributed by atoms with Crippen LogP contribution in [0.15, 0.2) is 40.5 Å². The lowest BCUT2D eigenvalue weighted by molar-refractivity contribution is -0.142. The Kier molecular flexibility index (Phi) is 6.42. The number of thiazole rings is 1. The molecule has 0 bridgehead atoms. The maximum atomic E-state index is 11.4. The molecule has 0 amide bonds. The first kappa shape index (κ1) is 16.5. The largest absolute Gasteiger partial charge is 0.466 e. The van der Waals surface area contributed by atoms with Gasteiger partial charge in [0.15, 0.2) is 0 Å². The summed E-state index contributed by atoms with van der Waals surface area (Å²) >= 11 is 3.09. The Morgan fingerprint density at radius 1 is 1.45 bits per heavy atom. The highest BCUT2D eigenvalue weighted by Gasteiger charge is 2.07. The van der Waals surface area contributed by atoms with E-state index in [1.807, 2.05) is 30.5 Å². The lowest BCUT2D eigenvalue weighted by Gasteiger charge is -1.98. The minimum Gasteiger partial charge on any atom is -0.466 e. The molecule has 0 fully saturated rings. The van der Waals surface area contributed by atoms with Crippen LogP contribution in [0.4, 0.5) is 5.13 Å². The number of carbonyl (C=O) groups excluding carboxylic acids is 1. The standard InChI is InChI=1S/C15H17N3O2S2/c1-3-20-14(19)8-13-10-16-15(22-13)18-17-9-11-4-6-12(21-2)7-5-11/h4-7,9-10H,3,8H2,1-2H3,(H,16,18)/b17-9+. The summed E-state index contributed by atoms with van der Waals surface area (Å²) in [7, 11) is 0. The molecule has 1 heterocycles. The molecule has 0 saturated carbocycles. The van der Waals surface area contributed by atoms with E-state index in [-0.39, 0.29) is 12.4 Å². The normalized spacial score (nSPS) is 10.8. The van der Waals surface area contributed by atoms with E-state index in [1.54, 1.807) is 31.1 Å². The molecule has 116 valence electrons. The molecule has 0 aliphatic rings. The van der Waals surface area contributed by atoms with Crippen LogP contribution in [0.25, 0.3) is 0 Å². The number of aromatic nitrogens is 1. The van der Waals surface area contributed by atoms with Crippen LogP contribution < -0.4 is 5.43 Å². The van der Waals surface area contributed by atoms with Crippen molar-refractivity contribution < 1.29 is 9.53 Å². The number of rotatable bonds is 7.